The Morgan fingerprint density at radius 1 is 1.57 bits per heavy atom. The fourth-order valence-electron chi connectivity index (χ4n) is 1.08. The molecule has 0 aliphatic rings. The van der Waals surface area contributed by atoms with Gasteiger partial charge in [-0.05, 0) is 6.42 Å². The topological polar surface area (TPSA) is 42.3 Å². The largest absolute Gasteiger partial charge is 0.349 e. The normalized spacial score (nSPS) is 10.1. The van der Waals surface area contributed by atoms with Crippen LogP contribution >= 0.6 is 11.3 Å². The van der Waals surface area contributed by atoms with E-state index < -0.39 is 0 Å². The molecule has 5 heteroatoms. The summed E-state index contributed by atoms with van der Waals surface area (Å²) in [6.45, 7) is 0.627. The molecule has 1 amide bonds. The lowest BCUT2D eigenvalue weighted by molar-refractivity contribution is -0.128. The Labute approximate surface area is 86.8 Å². The van der Waals surface area contributed by atoms with Crippen LogP contribution in [0.25, 0.3) is 0 Å². The van der Waals surface area contributed by atoms with Crippen LogP contribution in [0, 0.1) is 0 Å². The maximum Gasteiger partial charge on any atom is 0.307 e. The van der Waals surface area contributed by atoms with E-state index in [-0.39, 0.29) is 10.8 Å². The molecule has 4 nitrogen and oxygen atoms in total. The van der Waals surface area contributed by atoms with Gasteiger partial charge in [0.25, 0.3) is 0 Å². The van der Waals surface area contributed by atoms with Gasteiger partial charge in [0, 0.05) is 38.6 Å². The lowest BCUT2D eigenvalue weighted by Gasteiger charge is -2.09. The molecule has 0 aliphatic carbocycles. The Hall–Kier alpha value is -1.10. The Morgan fingerprint density at radius 3 is 2.79 bits per heavy atom. The molecular weight excluding hydrogens is 200 g/mol. The number of carbonyl (C=O) groups is 1. The van der Waals surface area contributed by atoms with Crippen LogP contribution in [0.5, 0.6) is 0 Å². The molecular formula is C9H14N2O2S. The number of hydrogen-bond acceptors (Lipinski definition) is 3. The molecule has 0 fully saturated rings. The first kappa shape index (κ1) is 11.0. The summed E-state index contributed by atoms with van der Waals surface area (Å²) in [5.41, 5.74) is 0. The van der Waals surface area contributed by atoms with Crippen molar-refractivity contribution >= 4 is 17.2 Å². The van der Waals surface area contributed by atoms with E-state index in [2.05, 4.69) is 0 Å². The van der Waals surface area contributed by atoms with Gasteiger partial charge in [-0.25, -0.2) is 0 Å². The Bertz CT molecular complexity index is 354. The first-order chi connectivity index (χ1) is 6.61. The second-order valence-corrected chi connectivity index (χ2v) is 4.11. The van der Waals surface area contributed by atoms with Gasteiger partial charge in [-0.1, -0.05) is 11.3 Å². The molecule has 1 rings (SSSR count). The highest BCUT2D eigenvalue weighted by molar-refractivity contribution is 7.07. The van der Waals surface area contributed by atoms with E-state index in [9.17, 15) is 9.59 Å². The number of hydrogen-bond donors (Lipinski definition) is 0. The lowest BCUT2D eigenvalue weighted by atomic mass is 10.3. The Balaban J connectivity index is 2.33. The lowest BCUT2D eigenvalue weighted by Crippen LogP contribution is -2.22. The third-order valence-electron chi connectivity index (χ3n) is 1.93. The maximum atomic E-state index is 11.2. The van der Waals surface area contributed by atoms with Gasteiger partial charge >= 0.3 is 4.87 Å². The van der Waals surface area contributed by atoms with Gasteiger partial charge in [-0.3, -0.25) is 9.59 Å². The number of aromatic nitrogens is 1. The number of rotatable bonds is 4. The second kappa shape index (κ2) is 4.95. The Kier molecular flexibility index (Phi) is 3.88. The van der Waals surface area contributed by atoms with Gasteiger partial charge < -0.3 is 9.47 Å². The molecule has 0 saturated carbocycles. The molecule has 0 radical (unpaired) electrons. The number of carbonyl (C=O) groups excluding carboxylic acids is 1. The van der Waals surface area contributed by atoms with Crippen molar-refractivity contribution in [3.63, 3.8) is 0 Å². The predicted molar refractivity (Wildman–Crippen MR) is 56.5 cm³/mol. The quantitative estimate of drug-likeness (QED) is 0.743. The molecule has 1 aromatic heterocycles. The molecule has 0 aromatic carbocycles. The van der Waals surface area contributed by atoms with Crippen LogP contribution in [0.3, 0.4) is 0 Å². The molecule has 0 N–H and O–H groups in total. The van der Waals surface area contributed by atoms with Crippen molar-refractivity contribution < 1.29 is 4.79 Å². The molecule has 14 heavy (non-hydrogen) atoms. The first-order valence-corrected chi connectivity index (χ1v) is 5.33. The first-order valence-electron chi connectivity index (χ1n) is 4.45. The van der Waals surface area contributed by atoms with Crippen molar-refractivity contribution in [2.24, 2.45) is 0 Å². The fraction of sp³-hybridized carbons (Fsp3) is 0.556. The summed E-state index contributed by atoms with van der Waals surface area (Å²) in [6.07, 6.45) is 2.97. The highest BCUT2D eigenvalue weighted by atomic mass is 32.1. The SMILES string of the molecule is CN(C)C(=O)CCCn1ccsc1=O. The molecule has 1 aromatic rings. The van der Waals surface area contributed by atoms with E-state index >= 15 is 0 Å². The van der Waals surface area contributed by atoms with Crippen molar-refractivity contribution in [3.8, 4) is 0 Å². The predicted octanol–water partition coefficient (Wildman–Crippen LogP) is 0.778. The standard InChI is InChI=1S/C9H14N2O2S/c1-10(2)8(12)4-3-5-11-6-7-14-9(11)13/h6-7H,3-5H2,1-2H3. The number of thiazole rings is 1. The molecule has 0 atom stereocenters. The van der Waals surface area contributed by atoms with Crippen LogP contribution < -0.4 is 4.87 Å². The van der Waals surface area contributed by atoms with Crippen LogP contribution in [0.2, 0.25) is 0 Å². The fourth-order valence-corrected chi connectivity index (χ4v) is 1.69. The average molecular weight is 214 g/mol. The monoisotopic (exact) mass is 214 g/mol. The highest BCUT2D eigenvalue weighted by Gasteiger charge is 2.03. The highest BCUT2D eigenvalue weighted by Crippen LogP contribution is 1.97. The van der Waals surface area contributed by atoms with Gasteiger partial charge in [0.1, 0.15) is 0 Å². The van der Waals surface area contributed by atoms with Gasteiger partial charge in [0.05, 0.1) is 0 Å². The van der Waals surface area contributed by atoms with Crippen molar-refractivity contribution in [1.29, 1.82) is 0 Å². The van der Waals surface area contributed by atoms with E-state index in [0.29, 0.717) is 19.4 Å². The van der Waals surface area contributed by atoms with E-state index in [0.717, 1.165) is 0 Å². The van der Waals surface area contributed by atoms with Crippen molar-refractivity contribution in [2.45, 2.75) is 19.4 Å². The van der Waals surface area contributed by atoms with Crippen molar-refractivity contribution in [1.82, 2.24) is 9.47 Å². The van der Waals surface area contributed by atoms with Crippen LogP contribution in [0.1, 0.15) is 12.8 Å². The molecule has 0 unspecified atom stereocenters. The van der Waals surface area contributed by atoms with Crippen LogP contribution in [0.4, 0.5) is 0 Å². The van der Waals surface area contributed by atoms with Crippen molar-refractivity contribution in [2.75, 3.05) is 14.1 Å². The summed E-state index contributed by atoms with van der Waals surface area (Å²) in [5, 5.41) is 1.76. The van der Waals surface area contributed by atoms with E-state index in [1.54, 1.807) is 35.1 Å². The van der Waals surface area contributed by atoms with Gasteiger partial charge in [0.2, 0.25) is 5.91 Å². The summed E-state index contributed by atoms with van der Waals surface area (Å²) in [5.74, 6) is 0.105. The third kappa shape index (κ3) is 2.99. The van der Waals surface area contributed by atoms with Crippen LogP contribution in [-0.2, 0) is 11.3 Å². The molecule has 0 aliphatic heterocycles. The van der Waals surface area contributed by atoms with E-state index in [4.69, 9.17) is 0 Å². The number of amides is 1. The summed E-state index contributed by atoms with van der Waals surface area (Å²) in [7, 11) is 3.47. The minimum Gasteiger partial charge on any atom is -0.349 e. The molecule has 0 spiro atoms. The Morgan fingerprint density at radius 2 is 2.29 bits per heavy atom. The van der Waals surface area contributed by atoms with E-state index in [1.807, 2.05) is 0 Å². The molecule has 0 saturated heterocycles. The van der Waals surface area contributed by atoms with Gasteiger partial charge in [0.15, 0.2) is 0 Å². The maximum absolute atomic E-state index is 11.2. The third-order valence-corrected chi connectivity index (χ3v) is 2.63. The van der Waals surface area contributed by atoms with E-state index in [1.165, 1.54) is 11.3 Å². The molecule has 1 heterocycles. The summed E-state index contributed by atoms with van der Waals surface area (Å²) in [6, 6.07) is 0. The van der Waals surface area contributed by atoms with Crippen LogP contribution in [-0.4, -0.2) is 29.5 Å². The summed E-state index contributed by atoms with van der Waals surface area (Å²) < 4.78 is 1.63. The molecule has 78 valence electrons. The second-order valence-electron chi connectivity index (χ2n) is 3.25. The average Bonchev–Trinajstić information content (AvgIpc) is 2.51. The van der Waals surface area contributed by atoms with Crippen LogP contribution in [0.15, 0.2) is 16.4 Å². The zero-order valence-electron chi connectivity index (χ0n) is 8.40. The number of nitrogens with zero attached hydrogens (tertiary/aromatic N) is 2. The minimum atomic E-state index is 0.0438. The summed E-state index contributed by atoms with van der Waals surface area (Å²) in [4.78, 5) is 23.9. The minimum absolute atomic E-state index is 0.0438. The van der Waals surface area contributed by atoms with Gasteiger partial charge in [-0.15, -0.1) is 0 Å². The zero-order valence-corrected chi connectivity index (χ0v) is 9.21. The summed E-state index contributed by atoms with van der Waals surface area (Å²) >= 11 is 1.18. The smallest absolute Gasteiger partial charge is 0.307 e. The zero-order chi connectivity index (χ0) is 10.6. The van der Waals surface area contributed by atoms with Gasteiger partial charge in [-0.2, -0.15) is 0 Å². The number of aryl methyl sites for hydroxylation is 1. The molecule has 0 bridgehead atoms. The van der Waals surface area contributed by atoms with Crippen molar-refractivity contribution in [3.05, 3.63) is 21.2 Å².